The van der Waals surface area contributed by atoms with Crippen molar-refractivity contribution < 1.29 is 4.42 Å². The molecule has 0 bridgehead atoms. The molecule has 3 unspecified atom stereocenters. The van der Waals surface area contributed by atoms with Gasteiger partial charge in [-0.2, -0.15) is 0 Å². The van der Waals surface area contributed by atoms with Crippen LogP contribution in [0.2, 0.25) is 0 Å². The Kier molecular flexibility index (Phi) is 4.66. The molecule has 2 nitrogen and oxygen atoms in total. The number of furan rings is 1. The Morgan fingerprint density at radius 3 is 2.94 bits per heavy atom. The molecule has 0 spiro atoms. The van der Waals surface area contributed by atoms with Crippen molar-refractivity contribution in [2.75, 3.05) is 6.54 Å². The molecule has 1 fully saturated rings. The van der Waals surface area contributed by atoms with Crippen LogP contribution < -0.4 is 5.32 Å². The quantitative estimate of drug-likeness (QED) is 0.814. The number of rotatable bonds is 6. The smallest absolute Gasteiger partial charge is 0.0935 e. The third-order valence-electron chi connectivity index (χ3n) is 4.00. The highest BCUT2D eigenvalue weighted by Gasteiger charge is 2.28. The first kappa shape index (κ1) is 12.7. The molecule has 2 heteroatoms. The first-order valence-corrected chi connectivity index (χ1v) is 7.04. The summed E-state index contributed by atoms with van der Waals surface area (Å²) in [5.41, 5.74) is 1.33. The molecule has 96 valence electrons. The molecule has 1 saturated carbocycles. The van der Waals surface area contributed by atoms with Crippen LogP contribution in [0.25, 0.3) is 0 Å². The van der Waals surface area contributed by atoms with Crippen LogP contribution in [-0.2, 0) is 6.42 Å². The molecule has 1 N–H and O–H groups in total. The lowest BCUT2D eigenvalue weighted by atomic mass is 9.92. The van der Waals surface area contributed by atoms with E-state index in [1.807, 2.05) is 6.26 Å². The van der Waals surface area contributed by atoms with Crippen molar-refractivity contribution in [1.82, 2.24) is 5.32 Å². The fourth-order valence-corrected chi connectivity index (χ4v) is 3.01. The van der Waals surface area contributed by atoms with E-state index in [2.05, 4.69) is 25.2 Å². The van der Waals surface area contributed by atoms with Crippen molar-refractivity contribution in [3.63, 3.8) is 0 Å². The molecule has 0 saturated heterocycles. The molecule has 0 amide bonds. The van der Waals surface area contributed by atoms with Crippen molar-refractivity contribution in [2.45, 2.75) is 52.0 Å². The summed E-state index contributed by atoms with van der Waals surface area (Å²) in [6.07, 6.45) is 10.2. The topological polar surface area (TPSA) is 25.2 Å². The molecule has 3 atom stereocenters. The minimum Gasteiger partial charge on any atom is -0.472 e. The summed E-state index contributed by atoms with van der Waals surface area (Å²) in [6.45, 7) is 5.75. The summed E-state index contributed by atoms with van der Waals surface area (Å²) in [7, 11) is 0. The first-order chi connectivity index (χ1) is 8.29. The van der Waals surface area contributed by atoms with E-state index in [0.717, 1.165) is 24.8 Å². The Morgan fingerprint density at radius 2 is 2.35 bits per heavy atom. The molecule has 0 aliphatic heterocycles. The lowest BCUT2D eigenvalue weighted by molar-refractivity contribution is 0.348. The van der Waals surface area contributed by atoms with Crippen LogP contribution in [0.1, 0.15) is 45.1 Å². The van der Waals surface area contributed by atoms with E-state index in [1.165, 1.54) is 31.2 Å². The average Bonchev–Trinajstić information content (AvgIpc) is 2.95. The van der Waals surface area contributed by atoms with E-state index in [4.69, 9.17) is 4.42 Å². The van der Waals surface area contributed by atoms with E-state index in [-0.39, 0.29) is 0 Å². The van der Waals surface area contributed by atoms with Gasteiger partial charge >= 0.3 is 0 Å². The maximum Gasteiger partial charge on any atom is 0.0935 e. The van der Waals surface area contributed by atoms with Crippen LogP contribution >= 0.6 is 0 Å². The average molecular weight is 235 g/mol. The molecule has 1 heterocycles. The Bertz CT molecular complexity index is 307. The number of hydrogen-bond donors (Lipinski definition) is 1. The molecule has 0 aromatic carbocycles. The van der Waals surface area contributed by atoms with Crippen molar-refractivity contribution >= 4 is 0 Å². The number of hydrogen-bond acceptors (Lipinski definition) is 2. The Hall–Kier alpha value is -0.760. The molecule has 0 radical (unpaired) electrons. The molecular formula is C15H25NO. The van der Waals surface area contributed by atoms with Gasteiger partial charge in [-0.25, -0.2) is 0 Å². The maximum absolute atomic E-state index is 5.18. The molecule has 17 heavy (non-hydrogen) atoms. The van der Waals surface area contributed by atoms with Gasteiger partial charge in [0.15, 0.2) is 0 Å². The molecule has 2 rings (SSSR count). The summed E-state index contributed by atoms with van der Waals surface area (Å²) >= 11 is 0. The highest BCUT2D eigenvalue weighted by atomic mass is 16.3. The SMILES string of the molecule is CCCNC(Cc1ccoc1)C1CCC(C)C1. The standard InChI is InChI=1S/C15H25NO/c1-3-7-16-15(10-13-6-8-17-11-13)14-5-4-12(2)9-14/h6,8,11-12,14-16H,3-5,7,9-10H2,1-2H3. The largest absolute Gasteiger partial charge is 0.472 e. The lowest BCUT2D eigenvalue weighted by Gasteiger charge is -2.24. The van der Waals surface area contributed by atoms with Gasteiger partial charge in [-0.3, -0.25) is 0 Å². The van der Waals surface area contributed by atoms with Crippen molar-refractivity contribution in [3.8, 4) is 0 Å². The molecule has 1 aliphatic rings. The monoisotopic (exact) mass is 235 g/mol. The molecule has 1 aromatic heterocycles. The van der Waals surface area contributed by atoms with Crippen molar-refractivity contribution in [2.24, 2.45) is 11.8 Å². The fraction of sp³-hybridized carbons (Fsp3) is 0.733. The Balaban J connectivity index is 1.92. The molecule has 1 aliphatic carbocycles. The van der Waals surface area contributed by atoms with Gasteiger partial charge in [0.25, 0.3) is 0 Å². The van der Waals surface area contributed by atoms with Gasteiger partial charge in [-0.05, 0) is 55.7 Å². The van der Waals surface area contributed by atoms with Gasteiger partial charge in [0.1, 0.15) is 0 Å². The van der Waals surface area contributed by atoms with Gasteiger partial charge in [0.2, 0.25) is 0 Å². The van der Waals surface area contributed by atoms with Gasteiger partial charge < -0.3 is 9.73 Å². The zero-order valence-corrected chi connectivity index (χ0v) is 11.1. The summed E-state index contributed by atoms with van der Waals surface area (Å²) in [6, 6.07) is 2.73. The summed E-state index contributed by atoms with van der Waals surface area (Å²) in [4.78, 5) is 0. The minimum absolute atomic E-state index is 0.637. The van der Waals surface area contributed by atoms with Gasteiger partial charge in [-0.15, -0.1) is 0 Å². The van der Waals surface area contributed by atoms with Gasteiger partial charge in [-0.1, -0.05) is 20.3 Å². The number of nitrogens with one attached hydrogen (secondary N) is 1. The minimum atomic E-state index is 0.637. The Morgan fingerprint density at radius 1 is 1.47 bits per heavy atom. The van der Waals surface area contributed by atoms with Gasteiger partial charge in [0, 0.05) is 6.04 Å². The highest BCUT2D eigenvalue weighted by molar-refractivity contribution is 5.08. The fourth-order valence-electron chi connectivity index (χ4n) is 3.01. The van der Waals surface area contributed by atoms with Crippen LogP contribution in [0.3, 0.4) is 0 Å². The lowest BCUT2D eigenvalue weighted by Crippen LogP contribution is -2.37. The maximum atomic E-state index is 5.18. The second-order valence-corrected chi connectivity index (χ2v) is 5.57. The third-order valence-corrected chi connectivity index (χ3v) is 4.00. The summed E-state index contributed by atoms with van der Waals surface area (Å²) in [5.74, 6) is 1.77. The van der Waals surface area contributed by atoms with Crippen molar-refractivity contribution in [1.29, 1.82) is 0 Å². The van der Waals surface area contributed by atoms with Crippen molar-refractivity contribution in [3.05, 3.63) is 24.2 Å². The molecular weight excluding hydrogens is 210 g/mol. The molecule has 1 aromatic rings. The second-order valence-electron chi connectivity index (χ2n) is 5.57. The zero-order valence-electron chi connectivity index (χ0n) is 11.1. The predicted octanol–water partition coefficient (Wildman–Crippen LogP) is 3.63. The van der Waals surface area contributed by atoms with Crippen LogP contribution in [0, 0.1) is 11.8 Å². The summed E-state index contributed by atoms with van der Waals surface area (Å²) in [5, 5.41) is 3.73. The van der Waals surface area contributed by atoms with Crippen LogP contribution in [0.5, 0.6) is 0 Å². The van der Waals surface area contributed by atoms with E-state index in [0.29, 0.717) is 6.04 Å². The van der Waals surface area contributed by atoms with Crippen LogP contribution in [0.4, 0.5) is 0 Å². The first-order valence-electron chi connectivity index (χ1n) is 7.04. The van der Waals surface area contributed by atoms with E-state index >= 15 is 0 Å². The van der Waals surface area contributed by atoms with E-state index in [1.54, 1.807) is 6.26 Å². The van der Waals surface area contributed by atoms with E-state index < -0.39 is 0 Å². The predicted molar refractivity (Wildman–Crippen MR) is 71.0 cm³/mol. The second kappa shape index (κ2) is 6.25. The zero-order chi connectivity index (χ0) is 12.1. The van der Waals surface area contributed by atoms with Gasteiger partial charge in [0.05, 0.1) is 12.5 Å². The van der Waals surface area contributed by atoms with E-state index in [9.17, 15) is 0 Å². The van der Waals surface area contributed by atoms with Crippen LogP contribution in [0.15, 0.2) is 23.0 Å². The van der Waals surface area contributed by atoms with Crippen LogP contribution in [-0.4, -0.2) is 12.6 Å². The summed E-state index contributed by atoms with van der Waals surface area (Å²) < 4.78 is 5.18. The normalized spacial score (nSPS) is 26.2. The highest BCUT2D eigenvalue weighted by Crippen LogP contribution is 2.33. The third kappa shape index (κ3) is 3.60. The Labute approximate surface area is 105 Å².